The van der Waals surface area contributed by atoms with Crippen molar-refractivity contribution < 1.29 is 4.39 Å². The van der Waals surface area contributed by atoms with Crippen LogP contribution < -0.4 is 5.73 Å². The minimum Gasteiger partial charge on any atom is -0.383 e. The Morgan fingerprint density at radius 2 is 1.71 bits per heavy atom. The van der Waals surface area contributed by atoms with Crippen LogP contribution in [0.2, 0.25) is 0 Å². The van der Waals surface area contributed by atoms with Gasteiger partial charge in [0.25, 0.3) is 0 Å². The van der Waals surface area contributed by atoms with Gasteiger partial charge in [-0.3, -0.25) is 0 Å². The molecule has 106 valence electrons. The number of benzene rings is 2. The molecule has 0 atom stereocenters. The summed E-state index contributed by atoms with van der Waals surface area (Å²) in [6, 6.07) is 16.3. The molecule has 0 unspecified atom stereocenters. The predicted molar refractivity (Wildman–Crippen MR) is 82.7 cm³/mol. The van der Waals surface area contributed by atoms with Crippen molar-refractivity contribution in [3.8, 4) is 16.9 Å². The number of para-hydroxylation sites is 1. The minimum absolute atomic E-state index is 0.287. The van der Waals surface area contributed by atoms with E-state index in [9.17, 15) is 4.39 Å². The summed E-state index contributed by atoms with van der Waals surface area (Å²) in [6.45, 7) is 1.99. The highest BCUT2D eigenvalue weighted by Crippen LogP contribution is 2.31. The average Bonchev–Trinajstić information content (AvgIpc) is 2.85. The first-order valence-electron chi connectivity index (χ1n) is 6.90. The molecule has 0 saturated carbocycles. The fraction of sp³-hybridized carbons (Fsp3) is 0.118. The molecule has 3 nitrogen and oxygen atoms in total. The number of aromatic nitrogens is 2. The molecule has 0 fully saturated rings. The summed E-state index contributed by atoms with van der Waals surface area (Å²) >= 11 is 0. The Labute approximate surface area is 122 Å². The van der Waals surface area contributed by atoms with Crippen LogP contribution in [0.1, 0.15) is 12.5 Å². The summed E-state index contributed by atoms with van der Waals surface area (Å²) in [4.78, 5) is 0. The van der Waals surface area contributed by atoms with Gasteiger partial charge in [-0.2, -0.15) is 5.10 Å². The van der Waals surface area contributed by atoms with E-state index < -0.39 is 0 Å². The van der Waals surface area contributed by atoms with Crippen molar-refractivity contribution in [2.75, 3.05) is 5.73 Å². The zero-order chi connectivity index (χ0) is 14.8. The van der Waals surface area contributed by atoms with Crippen LogP contribution in [0.15, 0.2) is 54.6 Å². The van der Waals surface area contributed by atoms with Crippen molar-refractivity contribution in [3.05, 3.63) is 66.0 Å². The Morgan fingerprint density at radius 1 is 1.05 bits per heavy atom. The van der Waals surface area contributed by atoms with Gasteiger partial charge in [0.1, 0.15) is 17.3 Å². The van der Waals surface area contributed by atoms with Gasteiger partial charge in [0, 0.05) is 11.1 Å². The molecule has 0 amide bonds. The van der Waals surface area contributed by atoms with E-state index >= 15 is 0 Å². The van der Waals surface area contributed by atoms with Crippen molar-refractivity contribution >= 4 is 5.82 Å². The third kappa shape index (κ3) is 2.29. The van der Waals surface area contributed by atoms with E-state index in [1.165, 1.54) is 6.07 Å². The largest absolute Gasteiger partial charge is 0.383 e. The van der Waals surface area contributed by atoms with Gasteiger partial charge in [0.15, 0.2) is 0 Å². The first-order valence-corrected chi connectivity index (χ1v) is 6.90. The third-order valence-electron chi connectivity index (χ3n) is 3.51. The maximum atomic E-state index is 14.0. The molecular weight excluding hydrogens is 265 g/mol. The van der Waals surface area contributed by atoms with E-state index in [1.807, 2.05) is 37.3 Å². The lowest BCUT2D eigenvalue weighted by molar-refractivity contribution is 0.630. The molecule has 0 radical (unpaired) electrons. The molecular formula is C17H16FN3. The van der Waals surface area contributed by atoms with Crippen molar-refractivity contribution in [2.24, 2.45) is 0 Å². The zero-order valence-corrected chi connectivity index (χ0v) is 11.8. The lowest BCUT2D eigenvalue weighted by Gasteiger charge is -2.03. The SMILES string of the molecule is CCc1c(-c2ccccc2F)nn(-c2ccccc2)c1N. The lowest BCUT2D eigenvalue weighted by atomic mass is 10.1. The number of nitrogens with zero attached hydrogens (tertiary/aromatic N) is 2. The summed E-state index contributed by atoms with van der Waals surface area (Å²) in [5.41, 5.74) is 9.04. The quantitative estimate of drug-likeness (QED) is 0.793. The van der Waals surface area contributed by atoms with Crippen LogP contribution in [0.25, 0.3) is 16.9 Å². The summed E-state index contributed by atoms with van der Waals surface area (Å²) in [7, 11) is 0. The molecule has 2 aromatic carbocycles. The second-order valence-corrected chi connectivity index (χ2v) is 4.79. The zero-order valence-electron chi connectivity index (χ0n) is 11.8. The van der Waals surface area contributed by atoms with Crippen LogP contribution >= 0.6 is 0 Å². The van der Waals surface area contributed by atoms with Gasteiger partial charge in [-0.1, -0.05) is 37.3 Å². The summed E-state index contributed by atoms with van der Waals surface area (Å²) in [6.07, 6.45) is 0.697. The number of nitrogens with two attached hydrogens (primary N) is 1. The maximum absolute atomic E-state index is 14.0. The van der Waals surface area contributed by atoms with Crippen molar-refractivity contribution in [1.29, 1.82) is 0 Å². The number of hydrogen-bond donors (Lipinski definition) is 1. The maximum Gasteiger partial charge on any atom is 0.132 e. The van der Waals surface area contributed by atoms with Crippen LogP contribution in [0, 0.1) is 5.82 Å². The molecule has 1 aromatic heterocycles. The Hall–Kier alpha value is -2.62. The predicted octanol–water partition coefficient (Wildman–Crippen LogP) is 3.82. The molecule has 0 aliphatic carbocycles. The first-order chi connectivity index (χ1) is 10.2. The summed E-state index contributed by atoms with van der Waals surface area (Å²) in [5, 5.41) is 4.53. The number of hydrogen-bond acceptors (Lipinski definition) is 2. The molecule has 4 heteroatoms. The first kappa shape index (κ1) is 13.4. The Bertz CT molecular complexity index is 763. The highest BCUT2D eigenvalue weighted by Gasteiger charge is 2.18. The molecule has 0 bridgehead atoms. The van der Waals surface area contributed by atoms with Gasteiger partial charge in [0.05, 0.1) is 5.69 Å². The van der Waals surface area contributed by atoms with Gasteiger partial charge in [-0.15, -0.1) is 0 Å². The van der Waals surface area contributed by atoms with Gasteiger partial charge < -0.3 is 5.73 Å². The lowest BCUT2D eigenvalue weighted by Crippen LogP contribution is -2.02. The molecule has 0 aliphatic heterocycles. The molecule has 0 spiro atoms. The molecule has 3 rings (SSSR count). The average molecular weight is 281 g/mol. The minimum atomic E-state index is -0.287. The molecule has 21 heavy (non-hydrogen) atoms. The Balaban J connectivity index is 2.22. The van der Waals surface area contributed by atoms with Crippen LogP contribution in [-0.2, 0) is 6.42 Å². The normalized spacial score (nSPS) is 10.8. The highest BCUT2D eigenvalue weighted by molar-refractivity contribution is 5.70. The monoisotopic (exact) mass is 281 g/mol. The molecule has 1 heterocycles. The van der Waals surface area contributed by atoms with Gasteiger partial charge in [0.2, 0.25) is 0 Å². The van der Waals surface area contributed by atoms with Crippen molar-refractivity contribution in [2.45, 2.75) is 13.3 Å². The third-order valence-corrected chi connectivity index (χ3v) is 3.51. The van der Waals surface area contributed by atoms with Crippen LogP contribution in [-0.4, -0.2) is 9.78 Å². The number of rotatable bonds is 3. The smallest absolute Gasteiger partial charge is 0.132 e. The van der Waals surface area contributed by atoms with Crippen molar-refractivity contribution in [1.82, 2.24) is 9.78 Å². The standard InChI is InChI=1S/C17H16FN3/c1-2-13-16(14-10-6-7-11-15(14)18)20-21(17(13)19)12-8-4-3-5-9-12/h3-11H,2,19H2,1H3. The van der Waals surface area contributed by atoms with Crippen molar-refractivity contribution in [3.63, 3.8) is 0 Å². The van der Waals surface area contributed by atoms with E-state index in [0.717, 1.165) is 11.3 Å². The van der Waals surface area contributed by atoms with Crippen LogP contribution in [0.4, 0.5) is 10.2 Å². The molecule has 2 N–H and O–H groups in total. The van der Waals surface area contributed by atoms with Gasteiger partial charge in [-0.25, -0.2) is 9.07 Å². The number of halogens is 1. The topological polar surface area (TPSA) is 43.8 Å². The highest BCUT2D eigenvalue weighted by atomic mass is 19.1. The Kier molecular flexibility index (Phi) is 3.44. The molecule has 0 saturated heterocycles. The van der Waals surface area contributed by atoms with Gasteiger partial charge in [-0.05, 0) is 30.7 Å². The fourth-order valence-corrected chi connectivity index (χ4v) is 2.45. The number of nitrogen functional groups attached to an aromatic ring is 1. The Morgan fingerprint density at radius 3 is 2.38 bits per heavy atom. The fourth-order valence-electron chi connectivity index (χ4n) is 2.45. The summed E-state index contributed by atoms with van der Waals surface area (Å²) < 4.78 is 15.7. The molecule has 3 aromatic rings. The second kappa shape index (κ2) is 5.40. The van der Waals surface area contributed by atoms with Gasteiger partial charge >= 0.3 is 0 Å². The van der Waals surface area contributed by atoms with Crippen LogP contribution in [0.5, 0.6) is 0 Å². The van der Waals surface area contributed by atoms with E-state index in [0.29, 0.717) is 23.5 Å². The number of anilines is 1. The van der Waals surface area contributed by atoms with E-state index in [1.54, 1.807) is 22.9 Å². The summed E-state index contributed by atoms with van der Waals surface area (Å²) in [5.74, 6) is 0.270. The van der Waals surface area contributed by atoms with E-state index in [-0.39, 0.29) is 5.82 Å². The molecule has 0 aliphatic rings. The van der Waals surface area contributed by atoms with E-state index in [4.69, 9.17) is 5.73 Å². The van der Waals surface area contributed by atoms with Crippen LogP contribution in [0.3, 0.4) is 0 Å². The van der Waals surface area contributed by atoms with E-state index in [2.05, 4.69) is 5.10 Å². The second-order valence-electron chi connectivity index (χ2n) is 4.79.